The number of para-hydroxylation sites is 1. The molecule has 0 aromatic heterocycles. The molecular weight excluding hydrogens is 198 g/mol. The summed E-state index contributed by atoms with van der Waals surface area (Å²) in [4.78, 5) is 0. The van der Waals surface area contributed by atoms with Crippen LogP contribution in [0.1, 0.15) is 18.9 Å². The van der Waals surface area contributed by atoms with Crippen LogP contribution < -0.4 is 10.1 Å². The molecule has 1 aliphatic rings. The van der Waals surface area contributed by atoms with Crippen LogP contribution in [0.15, 0.2) is 24.3 Å². The van der Waals surface area contributed by atoms with Crippen molar-refractivity contribution in [2.45, 2.75) is 31.9 Å². The van der Waals surface area contributed by atoms with Crippen molar-refractivity contribution >= 4 is 0 Å². The van der Waals surface area contributed by atoms with Crippen molar-refractivity contribution in [1.82, 2.24) is 5.32 Å². The summed E-state index contributed by atoms with van der Waals surface area (Å²) in [7, 11) is 0. The summed E-state index contributed by atoms with van der Waals surface area (Å²) in [6.07, 6.45) is 7.60. The van der Waals surface area contributed by atoms with Crippen LogP contribution in [0, 0.1) is 12.3 Å². The Kier molecular flexibility index (Phi) is 3.48. The van der Waals surface area contributed by atoms with Crippen LogP contribution in [-0.2, 0) is 6.42 Å². The highest BCUT2D eigenvalue weighted by atomic mass is 16.5. The van der Waals surface area contributed by atoms with Crippen LogP contribution in [-0.4, -0.2) is 18.7 Å². The van der Waals surface area contributed by atoms with E-state index in [0.29, 0.717) is 0 Å². The number of hydrogen-bond donors (Lipinski definition) is 1. The van der Waals surface area contributed by atoms with Gasteiger partial charge in [0.05, 0.1) is 0 Å². The lowest BCUT2D eigenvalue weighted by Gasteiger charge is -2.19. The maximum Gasteiger partial charge on any atom is 0.129 e. The third-order valence-electron chi connectivity index (χ3n) is 2.84. The molecule has 0 spiro atoms. The Labute approximate surface area is 97.0 Å². The standard InChI is InChI=1S/C14H17NO/c1-3-9-15-12(4-2)14-10-11-7-5-6-8-13(11)16-14/h2,5-8,12,14-15H,3,9-10H2,1H3. The first-order valence-corrected chi connectivity index (χ1v) is 5.79. The largest absolute Gasteiger partial charge is 0.487 e. The zero-order valence-electron chi connectivity index (χ0n) is 9.57. The highest BCUT2D eigenvalue weighted by Gasteiger charge is 2.28. The Morgan fingerprint density at radius 1 is 1.56 bits per heavy atom. The van der Waals surface area contributed by atoms with E-state index in [1.54, 1.807) is 0 Å². The molecule has 2 nitrogen and oxygen atoms in total. The Balaban J connectivity index is 2.02. The van der Waals surface area contributed by atoms with Crippen molar-refractivity contribution in [1.29, 1.82) is 0 Å². The molecule has 2 atom stereocenters. The van der Waals surface area contributed by atoms with Crippen molar-refractivity contribution in [2.75, 3.05) is 6.54 Å². The normalized spacial score (nSPS) is 19.6. The van der Waals surface area contributed by atoms with Gasteiger partial charge >= 0.3 is 0 Å². The van der Waals surface area contributed by atoms with E-state index in [4.69, 9.17) is 11.2 Å². The fourth-order valence-corrected chi connectivity index (χ4v) is 1.99. The van der Waals surface area contributed by atoms with Gasteiger partial charge in [-0.3, -0.25) is 0 Å². The molecular formula is C14H17NO. The molecule has 0 saturated carbocycles. The first-order chi connectivity index (χ1) is 7.85. The second-order valence-electron chi connectivity index (χ2n) is 4.07. The number of nitrogens with one attached hydrogen (secondary N) is 1. The number of fused-ring (bicyclic) bond motifs is 1. The minimum absolute atomic E-state index is 0.00681. The maximum absolute atomic E-state index is 5.85. The fourth-order valence-electron chi connectivity index (χ4n) is 1.99. The van der Waals surface area contributed by atoms with Gasteiger partial charge in [0.1, 0.15) is 17.9 Å². The van der Waals surface area contributed by atoms with E-state index in [-0.39, 0.29) is 12.1 Å². The quantitative estimate of drug-likeness (QED) is 0.776. The summed E-state index contributed by atoms with van der Waals surface area (Å²) in [5.74, 6) is 3.76. The molecule has 0 saturated heterocycles. The van der Waals surface area contributed by atoms with Gasteiger partial charge in [0, 0.05) is 6.42 Å². The second-order valence-corrected chi connectivity index (χ2v) is 4.07. The van der Waals surface area contributed by atoms with Gasteiger partial charge in [0.15, 0.2) is 0 Å². The third-order valence-corrected chi connectivity index (χ3v) is 2.84. The van der Waals surface area contributed by atoms with Crippen molar-refractivity contribution in [2.24, 2.45) is 0 Å². The zero-order valence-corrected chi connectivity index (χ0v) is 9.57. The SMILES string of the molecule is C#CC(NCCC)C1Cc2ccccc2O1. The molecule has 2 unspecified atom stereocenters. The van der Waals surface area contributed by atoms with Gasteiger partial charge in [0.2, 0.25) is 0 Å². The molecule has 1 aliphatic heterocycles. The Bertz CT molecular complexity index is 369. The molecule has 1 N–H and O–H groups in total. The fraction of sp³-hybridized carbons (Fsp3) is 0.429. The van der Waals surface area contributed by atoms with Crippen molar-refractivity contribution < 1.29 is 4.74 Å². The molecule has 0 bridgehead atoms. The van der Waals surface area contributed by atoms with Gasteiger partial charge in [-0.1, -0.05) is 31.0 Å². The summed E-state index contributed by atoms with van der Waals surface area (Å²) >= 11 is 0. The third kappa shape index (κ3) is 2.20. The van der Waals surface area contributed by atoms with Gasteiger partial charge in [-0.25, -0.2) is 0 Å². The van der Waals surface area contributed by atoms with Crippen molar-refractivity contribution in [3.8, 4) is 18.1 Å². The van der Waals surface area contributed by atoms with E-state index in [1.165, 1.54) is 5.56 Å². The smallest absolute Gasteiger partial charge is 0.129 e. The molecule has 1 heterocycles. The molecule has 0 radical (unpaired) electrons. The van der Waals surface area contributed by atoms with E-state index in [0.717, 1.165) is 25.1 Å². The van der Waals surface area contributed by atoms with E-state index in [1.807, 2.05) is 18.2 Å². The molecule has 2 rings (SSSR count). The van der Waals surface area contributed by atoms with Gasteiger partial charge in [-0.15, -0.1) is 6.42 Å². The molecule has 1 aromatic carbocycles. The summed E-state index contributed by atoms with van der Waals surface area (Å²) in [6, 6.07) is 8.14. The molecule has 0 fully saturated rings. The highest BCUT2D eigenvalue weighted by molar-refractivity contribution is 5.38. The minimum Gasteiger partial charge on any atom is -0.487 e. The van der Waals surface area contributed by atoms with E-state index in [2.05, 4.69) is 24.2 Å². The van der Waals surface area contributed by atoms with Crippen molar-refractivity contribution in [3.63, 3.8) is 0 Å². The van der Waals surface area contributed by atoms with Crippen molar-refractivity contribution in [3.05, 3.63) is 29.8 Å². The topological polar surface area (TPSA) is 21.3 Å². The molecule has 84 valence electrons. The first kappa shape index (κ1) is 11.0. The van der Waals surface area contributed by atoms with Crippen LogP contribution in [0.25, 0.3) is 0 Å². The lowest BCUT2D eigenvalue weighted by Crippen LogP contribution is -2.41. The first-order valence-electron chi connectivity index (χ1n) is 5.79. The Morgan fingerprint density at radius 2 is 2.38 bits per heavy atom. The molecule has 2 heteroatoms. The monoisotopic (exact) mass is 215 g/mol. The van der Waals surface area contributed by atoms with E-state index >= 15 is 0 Å². The average molecular weight is 215 g/mol. The number of hydrogen-bond acceptors (Lipinski definition) is 2. The van der Waals surface area contributed by atoms with Crippen LogP contribution in [0.3, 0.4) is 0 Å². The number of rotatable bonds is 4. The van der Waals surface area contributed by atoms with Gasteiger partial charge in [-0.05, 0) is 24.6 Å². The molecule has 1 aromatic rings. The Hall–Kier alpha value is -1.46. The van der Waals surface area contributed by atoms with Gasteiger partial charge in [-0.2, -0.15) is 0 Å². The zero-order chi connectivity index (χ0) is 11.4. The average Bonchev–Trinajstić information content (AvgIpc) is 2.73. The maximum atomic E-state index is 5.85. The summed E-state index contributed by atoms with van der Waals surface area (Å²) in [6.45, 7) is 3.07. The van der Waals surface area contributed by atoms with Crippen LogP contribution in [0.4, 0.5) is 0 Å². The lowest BCUT2D eigenvalue weighted by molar-refractivity contribution is 0.203. The van der Waals surface area contributed by atoms with E-state index < -0.39 is 0 Å². The predicted molar refractivity (Wildman–Crippen MR) is 65.5 cm³/mol. The van der Waals surface area contributed by atoms with Crippen LogP contribution in [0.2, 0.25) is 0 Å². The lowest BCUT2D eigenvalue weighted by atomic mass is 10.0. The summed E-state index contributed by atoms with van der Waals surface area (Å²) in [5.41, 5.74) is 1.26. The Morgan fingerprint density at radius 3 is 3.06 bits per heavy atom. The molecule has 0 aliphatic carbocycles. The second kappa shape index (κ2) is 5.05. The van der Waals surface area contributed by atoms with Gasteiger partial charge < -0.3 is 10.1 Å². The van der Waals surface area contributed by atoms with Crippen LogP contribution in [0.5, 0.6) is 5.75 Å². The van der Waals surface area contributed by atoms with Crippen LogP contribution >= 0.6 is 0 Å². The number of ether oxygens (including phenoxy) is 1. The predicted octanol–water partition coefficient (Wildman–Crippen LogP) is 1.99. The minimum atomic E-state index is 0.00681. The summed E-state index contributed by atoms with van der Waals surface area (Å²) in [5, 5.41) is 3.33. The van der Waals surface area contributed by atoms with Gasteiger partial charge in [0.25, 0.3) is 0 Å². The number of benzene rings is 1. The highest BCUT2D eigenvalue weighted by Crippen LogP contribution is 2.29. The number of terminal acetylenes is 1. The summed E-state index contributed by atoms with van der Waals surface area (Å²) < 4.78 is 5.85. The van der Waals surface area contributed by atoms with E-state index in [9.17, 15) is 0 Å². The molecule has 0 amide bonds. The molecule has 16 heavy (non-hydrogen) atoms.